The lowest BCUT2D eigenvalue weighted by atomic mass is 10.1. The lowest BCUT2D eigenvalue weighted by molar-refractivity contribution is 0.0695. The third-order valence-electron chi connectivity index (χ3n) is 4.41. The van der Waals surface area contributed by atoms with Crippen molar-refractivity contribution in [1.29, 1.82) is 0 Å². The zero-order valence-corrected chi connectivity index (χ0v) is 13.0. The fourth-order valence-corrected chi connectivity index (χ4v) is 3.20. The molecule has 3 rings (SSSR count). The van der Waals surface area contributed by atoms with Gasteiger partial charge in [-0.2, -0.15) is 0 Å². The van der Waals surface area contributed by atoms with Gasteiger partial charge in [-0.25, -0.2) is 4.98 Å². The van der Waals surface area contributed by atoms with Crippen LogP contribution in [0.4, 0.5) is 0 Å². The number of para-hydroxylation sites is 1. The van der Waals surface area contributed by atoms with Gasteiger partial charge in [-0.1, -0.05) is 12.1 Å². The number of hydrogen-bond acceptors (Lipinski definition) is 4. The number of hydrogen-bond donors (Lipinski definition) is 1. The van der Waals surface area contributed by atoms with E-state index in [2.05, 4.69) is 9.88 Å². The Labute approximate surface area is 130 Å². The highest BCUT2D eigenvalue weighted by atomic mass is 16.3. The molecule has 1 aromatic carbocycles. The Balaban J connectivity index is 1.67. The SMILES string of the molecule is Cc1cccc2c(=O)n(CCCN3CCCC(O)C3)cnc12. The maximum Gasteiger partial charge on any atom is 0.261 e. The predicted molar refractivity (Wildman–Crippen MR) is 87.0 cm³/mol. The van der Waals surface area contributed by atoms with Gasteiger partial charge < -0.3 is 10.0 Å². The van der Waals surface area contributed by atoms with Gasteiger partial charge in [0.1, 0.15) is 0 Å². The van der Waals surface area contributed by atoms with E-state index in [1.54, 1.807) is 10.9 Å². The molecule has 0 spiro atoms. The molecule has 2 aromatic rings. The summed E-state index contributed by atoms with van der Waals surface area (Å²) in [6.45, 7) is 5.35. The number of fused-ring (bicyclic) bond motifs is 1. The van der Waals surface area contributed by atoms with Crippen LogP contribution in [0.15, 0.2) is 29.3 Å². The van der Waals surface area contributed by atoms with Crippen LogP contribution in [-0.4, -0.2) is 45.3 Å². The van der Waals surface area contributed by atoms with Crippen molar-refractivity contribution in [2.24, 2.45) is 0 Å². The second kappa shape index (κ2) is 6.58. The zero-order valence-electron chi connectivity index (χ0n) is 13.0. The van der Waals surface area contributed by atoms with Crippen LogP contribution in [-0.2, 0) is 6.54 Å². The van der Waals surface area contributed by atoms with Gasteiger partial charge in [-0.3, -0.25) is 9.36 Å². The van der Waals surface area contributed by atoms with Crippen LogP contribution in [0.3, 0.4) is 0 Å². The van der Waals surface area contributed by atoms with Crippen LogP contribution in [0.5, 0.6) is 0 Å². The monoisotopic (exact) mass is 301 g/mol. The second-order valence-corrected chi connectivity index (χ2v) is 6.16. The Bertz CT molecular complexity index is 711. The fraction of sp³-hybridized carbons (Fsp3) is 0.529. The van der Waals surface area contributed by atoms with Crippen molar-refractivity contribution in [3.05, 3.63) is 40.4 Å². The summed E-state index contributed by atoms with van der Waals surface area (Å²) in [6.07, 6.45) is 4.32. The van der Waals surface area contributed by atoms with Crippen molar-refractivity contribution in [3.63, 3.8) is 0 Å². The molecule has 5 nitrogen and oxygen atoms in total. The van der Waals surface area contributed by atoms with Crippen molar-refractivity contribution in [2.45, 2.75) is 38.8 Å². The normalized spacial score (nSPS) is 19.6. The van der Waals surface area contributed by atoms with E-state index in [9.17, 15) is 9.90 Å². The quantitative estimate of drug-likeness (QED) is 0.931. The van der Waals surface area contributed by atoms with Gasteiger partial charge >= 0.3 is 0 Å². The van der Waals surface area contributed by atoms with Crippen LogP contribution < -0.4 is 5.56 Å². The Morgan fingerprint density at radius 1 is 1.36 bits per heavy atom. The molecule has 0 radical (unpaired) electrons. The Morgan fingerprint density at radius 2 is 2.23 bits per heavy atom. The molecule has 1 N–H and O–H groups in total. The van der Waals surface area contributed by atoms with Gasteiger partial charge in [-0.05, 0) is 50.9 Å². The molecule has 1 fully saturated rings. The summed E-state index contributed by atoms with van der Waals surface area (Å²) in [7, 11) is 0. The number of piperidine rings is 1. The molecule has 118 valence electrons. The van der Waals surface area contributed by atoms with Crippen LogP contribution in [0.2, 0.25) is 0 Å². The van der Waals surface area contributed by atoms with Crippen molar-refractivity contribution in [3.8, 4) is 0 Å². The standard InChI is InChI=1S/C17H23N3O2/c1-13-5-2-7-15-16(13)18-12-20(17(15)22)10-4-9-19-8-3-6-14(21)11-19/h2,5,7,12,14,21H,3-4,6,8-11H2,1H3. The first-order valence-corrected chi connectivity index (χ1v) is 8.00. The molecule has 1 aliphatic heterocycles. The van der Waals surface area contributed by atoms with E-state index in [0.29, 0.717) is 11.9 Å². The molecule has 22 heavy (non-hydrogen) atoms. The van der Waals surface area contributed by atoms with Crippen molar-refractivity contribution < 1.29 is 5.11 Å². The zero-order chi connectivity index (χ0) is 15.5. The number of nitrogens with zero attached hydrogens (tertiary/aromatic N) is 3. The van der Waals surface area contributed by atoms with E-state index >= 15 is 0 Å². The Hall–Kier alpha value is -1.72. The minimum atomic E-state index is -0.193. The summed E-state index contributed by atoms with van der Waals surface area (Å²) in [5.41, 5.74) is 1.86. The third kappa shape index (κ3) is 3.20. The van der Waals surface area contributed by atoms with Gasteiger partial charge in [0.25, 0.3) is 5.56 Å². The van der Waals surface area contributed by atoms with Gasteiger partial charge in [0.15, 0.2) is 0 Å². The summed E-state index contributed by atoms with van der Waals surface area (Å²) in [5.74, 6) is 0. The smallest absolute Gasteiger partial charge is 0.261 e. The van der Waals surface area contributed by atoms with E-state index in [1.165, 1.54) is 0 Å². The highest BCUT2D eigenvalue weighted by Gasteiger charge is 2.16. The number of aliphatic hydroxyl groups excluding tert-OH is 1. The molecule has 5 heteroatoms. The summed E-state index contributed by atoms with van der Waals surface area (Å²) in [4.78, 5) is 19.2. The molecule has 1 aliphatic rings. The van der Waals surface area contributed by atoms with Gasteiger partial charge in [0.05, 0.1) is 23.3 Å². The van der Waals surface area contributed by atoms with Crippen molar-refractivity contribution in [2.75, 3.05) is 19.6 Å². The number of aryl methyl sites for hydroxylation is 2. The van der Waals surface area contributed by atoms with Crippen LogP contribution >= 0.6 is 0 Å². The summed E-state index contributed by atoms with van der Waals surface area (Å²) < 4.78 is 1.70. The fourth-order valence-electron chi connectivity index (χ4n) is 3.20. The highest BCUT2D eigenvalue weighted by molar-refractivity contribution is 5.80. The maximum atomic E-state index is 12.5. The van der Waals surface area contributed by atoms with Crippen LogP contribution in [0, 0.1) is 6.92 Å². The van der Waals surface area contributed by atoms with Crippen molar-refractivity contribution >= 4 is 10.9 Å². The third-order valence-corrected chi connectivity index (χ3v) is 4.41. The first-order chi connectivity index (χ1) is 10.6. The molecule has 0 amide bonds. The van der Waals surface area contributed by atoms with E-state index in [4.69, 9.17) is 0 Å². The Kier molecular flexibility index (Phi) is 4.55. The van der Waals surface area contributed by atoms with Gasteiger partial charge in [0.2, 0.25) is 0 Å². The minimum Gasteiger partial charge on any atom is -0.392 e. The molecule has 1 atom stereocenters. The second-order valence-electron chi connectivity index (χ2n) is 6.16. The van der Waals surface area contributed by atoms with E-state index in [1.807, 2.05) is 25.1 Å². The Morgan fingerprint density at radius 3 is 3.05 bits per heavy atom. The van der Waals surface area contributed by atoms with Gasteiger partial charge in [0, 0.05) is 13.1 Å². The molecule has 0 saturated carbocycles. The molecular weight excluding hydrogens is 278 g/mol. The van der Waals surface area contributed by atoms with E-state index < -0.39 is 0 Å². The summed E-state index contributed by atoms with van der Waals surface area (Å²) >= 11 is 0. The average molecular weight is 301 g/mol. The topological polar surface area (TPSA) is 58.4 Å². The molecule has 1 saturated heterocycles. The first kappa shape index (κ1) is 15.2. The lowest BCUT2D eigenvalue weighted by Gasteiger charge is -2.29. The van der Waals surface area contributed by atoms with Gasteiger partial charge in [-0.15, -0.1) is 0 Å². The number of β-amino-alcohol motifs (C(OH)–C–C–N with tert-alkyl or cyclic N) is 1. The first-order valence-electron chi connectivity index (χ1n) is 8.00. The number of likely N-dealkylation sites (tertiary alicyclic amines) is 1. The predicted octanol–water partition coefficient (Wildman–Crippen LogP) is 1.55. The molecule has 0 bridgehead atoms. The minimum absolute atomic E-state index is 0.0346. The number of aromatic nitrogens is 2. The summed E-state index contributed by atoms with van der Waals surface area (Å²) in [6, 6.07) is 5.72. The average Bonchev–Trinajstić information content (AvgIpc) is 2.50. The molecule has 1 unspecified atom stereocenters. The van der Waals surface area contributed by atoms with E-state index in [0.717, 1.165) is 50.0 Å². The molecular formula is C17H23N3O2. The molecule has 0 aliphatic carbocycles. The maximum absolute atomic E-state index is 12.5. The lowest BCUT2D eigenvalue weighted by Crippen LogP contribution is -2.39. The number of rotatable bonds is 4. The molecule has 1 aromatic heterocycles. The number of benzene rings is 1. The highest BCUT2D eigenvalue weighted by Crippen LogP contribution is 2.12. The molecule has 2 heterocycles. The largest absolute Gasteiger partial charge is 0.392 e. The number of aliphatic hydroxyl groups is 1. The summed E-state index contributed by atoms with van der Waals surface area (Å²) in [5, 5.41) is 10.4. The van der Waals surface area contributed by atoms with Crippen LogP contribution in [0.1, 0.15) is 24.8 Å². The van der Waals surface area contributed by atoms with E-state index in [-0.39, 0.29) is 11.7 Å². The van der Waals surface area contributed by atoms with Crippen LogP contribution in [0.25, 0.3) is 10.9 Å². The van der Waals surface area contributed by atoms with Crippen molar-refractivity contribution in [1.82, 2.24) is 14.5 Å².